The average molecular weight is 299 g/mol. The van der Waals surface area contributed by atoms with Gasteiger partial charge >= 0.3 is 12.2 Å². The lowest BCUT2D eigenvalue weighted by atomic mass is 10.2. The van der Waals surface area contributed by atoms with E-state index in [2.05, 4.69) is 10.5 Å². The number of likely N-dealkylation sites (tertiary alicyclic amines) is 1. The van der Waals surface area contributed by atoms with E-state index in [-0.39, 0.29) is 6.09 Å². The maximum atomic E-state index is 11.9. The first-order valence-electron chi connectivity index (χ1n) is 6.99. The van der Waals surface area contributed by atoms with Gasteiger partial charge in [-0.1, -0.05) is 0 Å². The van der Waals surface area contributed by atoms with Gasteiger partial charge in [0.15, 0.2) is 0 Å². The molecule has 1 rings (SSSR count). The Morgan fingerprint density at radius 2 is 1.67 bits per heavy atom. The fourth-order valence-electron chi connectivity index (χ4n) is 1.64. The van der Waals surface area contributed by atoms with Crippen LogP contribution in [0.2, 0.25) is 0 Å². The second-order valence-corrected chi connectivity index (χ2v) is 6.94. The molecule has 21 heavy (non-hydrogen) atoms. The van der Waals surface area contributed by atoms with Crippen LogP contribution in [-0.4, -0.2) is 47.1 Å². The van der Waals surface area contributed by atoms with Gasteiger partial charge in [-0.2, -0.15) is 5.10 Å². The number of amides is 2. The van der Waals surface area contributed by atoms with Gasteiger partial charge in [-0.25, -0.2) is 15.0 Å². The molecule has 1 heterocycles. The van der Waals surface area contributed by atoms with Crippen LogP contribution in [0.3, 0.4) is 0 Å². The number of nitrogens with zero attached hydrogens (tertiary/aromatic N) is 2. The zero-order valence-corrected chi connectivity index (χ0v) is 13.6. The van der Waals surface area contributed by atoms with Crippen molar-refractivity contribution in [1.29, 1.82) is 0 Å². The molecule has 1 aliphatic heterocycles. The Kier molecular flexibility index (Phi) is 5.20. The molecule has 0 atom stereocenters. The summed E-state index contributed by atoms with van der Waals surface area (Å²) >= 11 is 0. The first-order valence-corrected chi connectivity index (χ1v) is 6.99. The molecule has 7 nitrogen and oxygen atoms in total. The Morgan fingerprint density at radius 3 is 2.19 bits per heavy atom. The molecule has 7 heteroatoms. The molecule has 120 valence electrons. The molecule has 0 aliphatic carbocycles. The van der Waals surface area contributed by atoms with Gasteiger partial charge in [-0.05, 0) is 41.5 Å². The zero-order chi connectivity index (χ0) is 16.3. The summed E-state index contributed by atoms with van der Waals surface area (Å²) in [5.74, 6) is 0. The number of nitrogens with one attached hydrogen (secondary N) is 1. The molecule has 0 radical (unpaired) electrons. The summed E-state index contributed by atoms with van der Waals surface area (Å²) in [6.07, 6.45) is -0.370. The van der Waals surface area contributed by atoms with Gasteiger partial charge in [0.25, 0.3) is 0 Å². The second-order valence-electron chi connectivity index (χ2n) is 6.94. The quantitative estimate of drug-likeness (QED) is 0.754. The van der Waals surface area contributed by atoms with Crippen LogP contribution in [0, 0.1) is 0 Å². The van der Waals surface area contributed by atoms with Crippen molar-refractivity contribution in [3.05, 3.63) is 0 Å². The molecule has 0 aromatic heterocycles. The van der Waals surface area contributed by atoms with Gasteiger partial charge in [-0.3, -0.25) is 0 Å². The molecule has 0 spiro atoms. The highest BCUT2D eigenvalue weighted by Crippen LogP contribution is 2.14. The Bertz CT molecular complexity index is 432. The van der Waals surface area contributed by atoms with Gasteiger partial charge in [-0.15, -0.1) is 0 Å². The van der Waals surface area contributed by atoms with E-state index in [1.807, 2.05) is 20.8 Å². The maximum Gasteiger partial charge on any atom is 0.428 e. The number of ether oxygens (including phenoxy) is 2. The summed E-state index contributed by atoms with van der Waals surface area (Å²) in [5, 5.41) is 3.98. The summed E-state index contributed by atoms with van der Waals surface area (Å²) < 4.78 is 10.4. The topological polar surface area (TPSA) is 80.2 Å². The predicted octanol–water partition coefficient (Wildman–Crippen LogP) is 2.51. The third-order valence-electron chi connectivity index (χ3n) is 2.40. The Morgan fingerprint density at radius 1 is 1.10 bits per heavy atom. The van der Waals surface area contributed by atoms with Crippen molar-refractivity contribution < 1.29 is 19.1 Å². The largest absolute Gasteiger partial charge is 0.444 e. The predicted molar refractivity (Wildman–Crippen MR) is 79.2 cm³/mol. The molecule has 1 N–H and O–H groups in total. The molecule has 1 fully saturated rings. The lowest BCUT2D eigenvalue weighted by Gasteiger charge is -2.23. The van der Waals surface area contributed by atoms with Crippen molar-refractivity contribution in [1.82, 2.24) is 10.3 Å². The highest BCUT2D eigenvalue weighted by Gasteiger charge is 2.27. The molecule has 0 aromatic carbocycles. The van der Waals surface area contributed by atoms with E-state index in [1.165, 1.54) is 0 Å². The average Bonchev–Trinajstić information content (AvgIpc) is 2.70. The lowest BCUT2D eigenvalue weighted by Crippen LogP contribution is -2.35. The molecule has 2 amide bonds. The minimum absolute atomic E-state index is 0.352. The Balaban J connectivity index is 2.45. The first kappa shape index (κ1) is 17.3. The van der Waals surface area contributed by atoms with Gasteiger partial charge in [0, 0.05) is 13.0 Å². The number of carbonyl (C=O) groups is 2. The zero-order valence-electron chi connectivity index (χ0n) is 13.6. The van der Waals surface area contributed by atoms with Crippen LogP contribution in [0.15, 0.2) is 5.10 Å². The van der Waals surface area contributed by atoms with Crippen LogP contribution in [0.4, 0.5) is 9.59 Å². The fourth-order valence-corrected chi connectivity index (χ4v) is 1.64. The van der Waals surface area contributed by atoms with Crippen molar-refractivity contribution in [2.45, 2.75) is 59.2 Å². The van der Waals surface area contributed by atoms with Crippen molar-refractivity contribution in [3.8, 4) is 0 Å². The summed E-state index contributed by atoms with van der Waals surface area (Å²) in [6, 6.07) is 0. The van der Waals surface area contributed by atoms with E-state index in [0.29, 0.717) is 25.2 Å². The van der Waals surface area contributed by atoms with Crippen LogP contribution in [-0.2, 0) is 9.47 Å². The SMILES string of the molecule is CC(C)(C)OC(=O)N/N=C1/CCN(C(=O)OC(C)(C)C)C1. The minimum Gasteiger partial charge on any atom is -0.444 e. The first-order chi connectivity index (χ1) is 9.46. The standard InChI is InChI=1S/C14H25N3O4/c1-13(2,3)20-11(18)16-15-10-7-8-17(9-10)12(19)21-14(4,5)6/h7-9H2,1-6H3,(H,16,18)/b15-10-. The van der Waals surface area contributed by atoms with E-state index in [1.54, 1.807) is 25.7 Å². The van der Waals surface area contributed by atoms with Crippen molar-refractivity contribution >= 4 is 17.9 Å². The highest BCUT2D eigenvalue weighted by molar-refractivity contribution is 5.92. The third-order valence-corrected chi connectivity index (χ3v) is 2.40. The van der Waals surface area contributed by atoms with Gasteiger partial charge in [0.05, 0.1) is 12.3 Å². The van der Waals surface area contributed by atoms with Crippen LogP contribution < -0.4 is 5.43 Å². The monoisotopic (exact) mass is 299 g/mol. The number of rotatable bonds is 1. The number of hydrazone groups is 1. The lowest BCUT2D eigenvalue weighted by molar-refractivity contribution is 0.0302. The molecule has 0 aromatic rings. The number of hydrogen-bond donors (Lipinski definition) is 1. The molecular weight excluding hydrogens is 274 g/mol. The van der Waals surface area contributed by atoms with Gasteiger partial charge < -0.3 is 14.4 Å². The molecule has 0 unspecified atom stereocenters. The Hall–Kier alpha value is -1.79. The molecular formula is C14H25N3O4. The maximum absolute atomic E-state index is 11.9. The molecule has 0 bridgehead atoms. The summed E-state index contributed by atoms with van der Waals surface area (Å²) in [4.78, 5) is 24.9. The van der Waals surface area contributed by atoms with Crippen LogP contribution in [0.1, 0.15) is 48.0 Å². The summed E-state index contributed by atoms with van der Waals surface area (Å²) in [6.45, 7) is 11.7. The molecule has 0 saturated carbocycles. The van der Waals surface area contributed by atoms with E-state index in [4.69, 9.17) is 9.47 Å². The number of hydrogen-bond acceptors (Lipinski definition) is 5. The second kappa shape index (κ2) is 6.32. The molecule has 1 saturated heterocycles. The van der Waals surface area contributed by atoms with E-state index >= 15 is 0 Å². The minimum atomic E-state index is -0.606. The number of carbonyl (C=O) groups excluding carboxylic acids is 2. The normalized spacial score (nSPS) is 17.8. The summed E-state index contributed by atoms with van der Waals surface area (Å²) in [7, 11) is 0. The summed E-state index contributed by atoms with van der Waals surface area (Å²) in [5.41, 5.74) is 1.96. The van der Waals surface area contributed by atoms with E-state index < -0.39 is 17.3 Å². The highest BCUT2D eigenvalue weighted by atomic mass is 16.6. The van der Waals surface area contributed by atoms with Gasteiger partial charge in [0.2, 0.25) is 0 Å². The van der Waals surface area contributed by atoms with Crippen LogP contribution in [0.25, 0.3) is 0 Å². The third kappa shape index (κ3) is 6.97. The molecule has 1 aliphatic rings. The van der Waals surface area contributed by atoms with Crippen LogP contribution in [0.5, 0.6) is 0 Å². The Labute approximate surface area is 125 Å². The van der Waals surface area contributed by atoms with Crippen LogP contribution >= 0.6 is 0 Å². The van der Waals surface area contributed by atoms with Crippen molar-refractivity contribution in [2.75, 3.05) is 13.1 Å². The smallest absolute Gasteiger partial charge is 0.428 e. The fraction of sp³-hybridized carbons (Fsp3) is 0.786. The van der Waals surface area contributed by atoms with Gasteiger partial charge in [0.1, 0.15) is 11.2 Å². The van der Waals surface area contributed by atoms with Crippen molar-refractivity contribution in [2.24, 2.45) is 5.10 Å². The van der Waals surface area contributed by atoms with E-state index in [0.717, 1.165) is 0 Å². The van der Waals surface area contributed by atoms with E-state index in [9.17, 15) is 9.59 Å². The van der Waals surface area contributed by atoms with Crippen molar-refractivity contribution in [3.63, 3.8) is 0 Å².